The van der Waals surface area contributed by atoms with Crippen LogP contribution in [0.1, 0.15) is 12.2 Å². The van der Waals surface area contributed by atoms with Gasteiger partial charge in [-0.15, -0.1) is 0 Å². The summed E-state index contributed by atoms with van der Waals surface area (Å²) in [4.78, 5) is 30.9. The van der Waals surface area contributed by atoms with E-state index in [4.69, 9.17) is 9.94 Å². The number of nitrogens with zero attached hydrogens (tertiary/aromatic N) is 4. The van der Waals surface area contributed by atoms with Crippen molar-refractivity contribution in [2.75, 3.05) is 0 Å². The molecule has 2 heterocycles. The fraction of sp³-hybridized carbons (Fsp3) is 0.444. The van der Waals surface area contributed by atoms with Crippen LogP contribution >= 0.6 is 0 Å². The number of carboxylic acid groups (broad SMARTS) is 1. The van der Waals surface area contributed by atoms with Gasteiger partial charge in [0.2, 0.25) is 6.10 Å². The molecule has 1 aromatic rings. The van der Waals surface area contributed by atoms with Gasteiger partial charge in [-0.2, -0.15) is 5.10 Å². The Hall–Kier alpha value is -2.45. The first-order valence-electron chi connectivity index (χ1n) is 5.14. The van der Waals surface area contributed by atoms with Crippen LogP contribution in [0.25, 0.3) is 0 Å². The molecule has 1 aliphatic heterocycles. The third-order valence-electron chi connectivity index (χ3n) is 2.28. The van der Waals surface area contributed by atoms with Crippen molar-refractivity contribution in [3.8, 4) is 0 Å². The number of carbonyl (C=O) groups is 2. The molecule has 0 fully saturated rings. The van der Waals surface area contributed by atoms with Crippen molar-refractivity contribution in [2.24, 2.45) is 12.2 Å². The van der Waals surface area contributed by atoms with Crippen molar-refractivity contribution in [1.29, 1.82) is 0 Å². The Labute approximate surface area is 101 Å². The first kappa shape index (κ1) is 12.0. The van der Waals surface area contributed by atoms with E-state index >= 15 is 0 Å². The SMILES string of the molecule is Cn1cnc(CNC(=O)C2CC(C(=O)O)=NO2)n1. The van der Waals surface area contributed by atoms with Crippen LogP contribution in [0.5, 0.6) is 0 Å². The van der Waals surface area contributed by atoms with E-state index in [0.29, 0.717) is 5.82 Å². The second kappa shape index (κ2) is 4.82. The molecular weight excluding hydrogens is 242 g/mol. The number of carboxylic acids is 1. The molecule has 0 aromatic carbocycles. The molecule has 0 saturated heterocycles. The number of nitrogens with one attached hydrogen (secondary N) is 1. The summed E-state index contributed by atoms with van der Waals surface area (Å²) in [5, 5.41) is 18.5. The zero-order chi connectivity index (χ0) is 13.1. The molecule has 9 nitrogen and oxygen atoms in total. The van der Waals surface area contributed by atoms with E-state index in [1.54, 1.807) is 7.05 Å². The Morgan fingerprint density at radius 2 is 2.44 bits per heavy atom. The van der Waals surface area contributed by atoms with Gasteiger partial charge in [-0.1, -0.05) is 5.16 Å². The van der Waals surface area contributed by atoms with E-state index in [1.807, 2.05) is 0 Å². The Bertz CT molecular complexity index is 509. The molecule has 18 heavy (non-hydrogen) atoms. The van der Waals surface area contributed by atoms with Crippen molar-refractivity contribution in [1.82, 2.24) is 20.1 Å². The molecule has 2 N–H and O–H groups in total. The van der Waals surface area contributed by atoms with Crippen LogP contribution < -0.4 is 5.32 Å². The molecule has 0 radical (unpaired) electrons. The number of hydrogen-bond donors (Lipinski definition) is 2. The van der Waals surface area contributed by atoms with Gasteiger partial charge < -0.3 is 15.3 Å². The summed E-state index contributed by atoms with van der Waals surface area (Å²) in [6, 6.07) is 0. The first-order chi connectivity index (χ1) is 8.56. The van der Waals surface area contributed by atoms with Gasteiger partial charge in [0.05, 0.1) is 6.54 Å². The van der Waals surface area contributed by atoms with Gasteiger partial charge in [-0.25, -0.2) is 9.78 Å². The predicted molar refractivity (Wildman–Crippen MR) is 57.4 cm³/mol. The van der Waals surface area contributed by atoms with Crippen LogP contribution in [0.4, 0.5) is 0 Å². The van der Waals surface area contributed by atoms with Crippen molar-refractivity contribution in [2.45, 2.75) is 19.1 Å². The third kappa shape index (κ3) is 2.62. The molecule has 96 valence electrons. The van der Waals surface area contributed by atoms with Crippen LogP contribution in [-0.4, -0.2) is 43.6 Å². The Morgan fingerprint density at radius 1 is 1.67 bits per heavy atom. The number of oxime groups is 1. The van der Waals surface area contributed by atoms with Gasteiger partial charge >= 0.3 is 5.97 Å². The van der Waals surface area contributed by atoms with E-state index in [2.05, 4.69) is 20.6 Å². The average Bonchev–Trinajstić information content (AvgIpc) is 2.94. The van der Waals surface area contributed by atoms with Gasteiger partial charge in [-0.3, -0.25) is 9.48 Å². The van der Waals surface area contributed by atoms with Gasteiger partial charge in [0.15, 0.2) is 11.5 Å². The fourth-order valence-corrected chi connectivity index (χ4v) is 1.39. The normalized spacial score (nSPS) is 18.1. The minimum atomic E-state index is -1.18. The average molecular weight is 253 g/mol. The van der Waals surface area contributed by atoms with Crippen LogP contribution in [0.3, 0.4) is 0 Å². The van der Waals surface area contributed by atoms with Crippen molar-refractivity contribution in [3.63, 3.8) is 0 Å². The largest absolute Gasteiger partial charge is 0.477 e. The van der Waals surface area contributed by atoms with Crippen LogP contribution in [0.15, 0.2) is 11.5 Å². The van der Waals surface area contributed by atoms with Crippen LogP contribution in [0, 0.1) is 0 Å². The summed E-state index contributed by atoms with van der Waals surface area (Å²) in [6.07, 6.45) is 0.565. The monoisotopic (exact) mass is 253 g/mol. The fourth-order valence-electron chi connectivity index (χ4n) is 1.39. The maximum absolute atomic E-state index is 11.6. The molecule has 0 bridgehead atoms. The van der Waals surface area contributed by atoms with E-state index in [1.165, 1.54) is 11.0 Å². The molecule has 1 unspecified atom stereocenters. The number of aromatic nitrogens is 3. The highest BCUT2D eigenvalue weighted by atomic mass is 16.6. The number of amides is 1. The van der Waals surface area contributed by atoms with Gasteiger partial charge in [0.25, 0.3) is 5.91 Å². The predicted octanol–water partition coefficient (Wildman–Crippen LogP) is -1.34. The molecule has 2 rings (SSSR count). The van der Waals surface area contributed by atoms with Gasteiger partial charge in [0, 0.05) is 13.5 Å². The zero-order valence-electron chi connectivity index (χ0n) is 9.53. The molecule has 0 spiro atoms. The third-order valence-corrected chi connectivity index (χ3v) is 2.28. The smallest absolute Gasteiger partial charge is 0.353 e. The zero-order valence-corrected chi connectivity index (χ0v) is 9.53. The highest BCUT2D eigenvalue weighted by molar-refractivity contribution is 6.36. The van der Waals surface area contributed by atoms with E-state index in [-0.39, 0.29) is 18.7 Å². The summed E-state index contributed by atoms with van der Waals surface area (Å²) in [7, 11) is 1.71. The van der Waals surface area contributed by atoms with E-state index < -0.39 is 18.0 Å². The van der Waals surface area contributed by atoms with E-state index in [0.717, 1.165) is 0 Å². The Kier molecular flexibility index (Phi) is 3.22. The topological polar surface area (TPSA) is 119 Å². The summed E-state index contributed by atoms with van der Waals surface area (Å²) in [6.45, 7) is 0.155. The molecule has 9 heteroatoms. The maximum Gasteiger partial charge on any atom is 0.353 e. The van der Waals surface area contributed by atoms with Gasteiger partial charge in [-0.05, 0) is 0 Å². The first-order valence-corrected chi connectivity index (χ1v) is 5.14. The van der Waals surface area contributed by atoms with Crippen LogP contribution in [-0.2, 0) is 28.0 Å². The minimum absolute atomic E-state index is 0.0448. The molecule has 1 atom stereocenters. The summed E-state index contributed by atoms with van der Waals surface area (Å²) >= 11 is 0. The number of carbonyl (C=O) groups excluding carboxylic acids is 1. The number of aryl methyl sites for hydroxylation is 1. The lowest BCUT2D eigenvalue weighted by Gasteiger charge is -2.07. The van der Waals surface area contributed by atoms with Crippen molar-refractivity contribution < 1.29 is 19.5 Å². The maximum atomic E-state index is 11.6. The highest BCUT2D eigenvalue weighted by Crippen LogP contribution is 2.10. The second-order valence-corrected chi connectivity index (χ2v) is 3.69. The Balaban J connectivity index is 1.82. The van der Waals surface area contributed by atoms with Crippen molar-refractivity contribution >= 4 is 17.6 Å². The molecule has 0 saturated carbocycles. The standard InChI is InChI=1S/C9H11N5O4/c1-14-4-11-7(12-14)3-10-8(15)6-2-5(9(16)17)13-18-6/h4,6H,2-3H2,1H3,(H,10,15)(H,16,17). The summed E-state index contributed by atoms with van der Waals surface area (Å²) in [5.41, 5.74) is -0.161. The molecular formula is C9H11N5O4. The lowest BCUT2D eigenvalue weighted by atomic mass is 10.2. The lowest BCUT2D eigenvalue weighted by Crippen LogP contribution is -2.35. The summed E-state index contributed by atoms with van der Waals surface area (Å²) < 4.78 is 1.51. The summed E-state index contributed by atoms with van der Waals surface area (Å²) in [5.74, 6) is -1.16. The Morgan fingerprint density at radius 3 is 3.00 bits per heavy atom. The van der Waals surface area contributed by atoms with E-state index in [9.17, 15) is 9.59 Å². The minimum Gasteiger partial charge on any atom is -0.477 e. The molecule has 1 aromatic heterocycles. The lowest BCUT2D eigenvalue weighted by molar-refractivity contribution is -0.131. The number of rotatable bonds is 4. The van der Waals surface area contributed by atoms with Crippen LogP contribution in [0.2, 0.25) is 0 Å². The second-order valence-electron chi connectivity index (χ2n) is 3.69. The van der Waals surface area contributed by atoms with Gasteiger partial charge in [0.1, 0.15) is 6.33 Å². The highest BCUT2D eigenvalue weighted by Gasteiger charge is 2.31. The quantitative estimate of drug-likeness (QED) is 0.685. The molecule has 0 aliphatic carbocycles. The number of hydrogen-bond acceptors (Lipinski definition) is 6. The number of aliphatic carboxylic acids is 1. The van der Waals surface area contributed by atoms with Crippen molar-refractivity contribution in [3.05, 3.63) is 12.2 Å². The molecule has 1 aliphatic rings. The molecule has 1 amide bonds.